The number of nitrogens with zero attached hydrogens (tertiary/aromatic N) is 1. The van der Waals surface area contributed by atoms with Gasteiger partial charge in [-0.3, -0.25) is 9.59 Å². The molecule has 0 radical (unpaired) electrons. The van der Waals surface area contributed by atoms with Gasteiger partial charge in [-0.25, -0.2) is 0 Å². The molecule has 0 unspecified atom stereocenters. The van der Waals surface area contributed by atoms with Gasteiger partial charge in [0, 0.05) is 29.2 Å². The van der Waals surface area contributed by atoms with Gasteiger partial charge in [-0.2, -0.15) is 0 Å². The fraction of sp³-hybridized carbons (Fsp3) is 0.222. The van der Waals surface area contributed by atoms with Crippen LogP contribution in [0.4, 0.5) is 5.69 Å². The van der Waals surface area contributed by atoms with E-state index in [1.54, 1.807) is 24.3 Å². The first-order chi connectivity index (χ1) is 11.5. The van der Waals surface area contributed by atoms with Gasteiger partial charge in [0.2, 0.25) is 11.8 Å². The second-order valence-electron chi connectivity index (χ2n) is 5.31. The predicted molar refractivity (Wildman–Crippen MR) is 97.6 cm³/mol. The Bertz CT molecular complexity index is 717. The molecule has 0 saturated carbocycles. The van der Waals surface area contributed by atoms with Crippen LogP contribution in [-0.4, -0.2) is 24.9 Å². The van der Waals surface area contributed by atoms with Crippen LogP contribution in [0.1, 0.15) is 12.5 Å². The second-order valence-corrected chi connectivity index (χ2v) is 6.18. The molecule has 2 rings (SSSR count). The van der Waals surface area contributed by atoms with Crippen molar-refractivity contribution >= 4 is 40.7 Å². The van der Waals surface area contributed by atoms with Crippen molar-refractivity contribution in [3.8, 4) is 0 Å². The highest BCUT2D eigenvalue weighted by atomic mass is 35.5. The third kappa shape index (κ3) is 5.55. The Morgan fingerprint density at radius 2 is 1.75 bits per heavy atom. The van der Waals surface area contributed by atoms with Crippen LogP contribution >= 0.6 is 23.2 Å². The van der Waals surface area contributed by atoms with Gasteiger partial charge >= 0.3 is 0 Å². The molecule has 0 fully saturated rings. The number of carbonyl (C=O) groups is 2. The average Bonchev–Trinajstić information content (AvgIpc) is 2.54. The minimum absolute atomic E-state index is 0.0453. The molecule has 0 aliphatic heterocycles. The summed E-state index contributed by atoms with van der Waals surface area (Å²) in [5.41, 5.74) is 1.68. The lowest BCUT2D eigenvalue weighted by Crippen LogP contribution is -2.40. The summed E-state index contributed by atoms with van der Waals surface area (Å²) < 4.78 is 0. The maximum Gasteiger partial charge on any atom is 0.240 e. The lowest BCUT2D eigenvalue weighted by Gasteiger charge is -2.21. The van der Waals surface area contributed by atoms with Gasteiger partial charge in [0.25, 0.3) is 0 Å². The summed E-state index contributed by atoms with van der Waals surface area (Å²) in [5, 5.41) is 4.01. The van der Waals surface area contributed by atoms with Crippen LogP contribution in [0.2, 0.25) is 10.0 Å². The van der Waals surface area contributed by atoms with Gasteiger partial charge in [0.05, 0.1) is 0 Å². The number of hydrogen-bond donors (Lipinski definition) is 1. The van der Waals surface area contributed by atoms with Crippen LogP contribution in [0.3, 0.4) is 0 Å². The molecule has 0 saturated heterocycles. The molecule has 4 nitrogen and oxygen atoms in total. The molecule has 0 aromatic heterocycles. The predicted octanol–water partition coefficient (Wildman–Crippen LogP) is 3.71. The van der Waals surface area contributed by atoms with Crippen molar-refractivity contribution in [3.05, 3.63) is 64.1 Å². The molecule has 0 spiro atoms. The SMILES string of the molecule is CC(=O)N(CC(=O)NCCc1ccc(Cl)cc1)c1cccc(Cl)c1. The lowest BCUT2D eigenvalue weighted by atomic mass is 10.1. The van der Waals surface area contributed by atoms with Gasteiger partial charge in [-0.15, -0.1) is 0 Å². The van der Waals surface area contributed by atoms with Crippen LogP contribution in [0.15, 0.2) is 48.5 Å². The van der Waals surface area contributed by atoms with Crippen molar-refractivity contribution in [2.24, 2.45) is 0 Å². The van der Waals surface area contributed by atoms with Gasteiger partial charge in [0.15, 0.2) is 0 Å². The van der Waals surface area contributed by atoms with E-state index in [4.69, 9.17) is 23.2 Å². The number of rotatable bonds is 6. The highest BCUT2D eigenvalue weighted by molar-refractivity contribution is 6.31. The molecule has 0 heterocycles. The van der Waals surface area contributed by atoms with Gasteiger partial charge in [0.1, 0.15) is 6.54 Å². The van der Waals surface area contributed by atoms with Crippen LogP contribution in [0.5, 0.6) is 0 Å². The van der Waals surface area contributed by atoms with Gasteiger partial charge < -0.3 is 10.2 Å². The molecule has 0 aliphatic rings. The van der Waals surface area contributed by atoms with E-state index in [0.29, 0.717) is 28.7 Å². The lowest BCUT2D eigenvalue weighted by molar-refractivity contribution is -0.123. The van der Waals surface area contributed by atoms with Crippen molar-refractivity contribution in [2.45, 2.75) is 13.3 Å². The molecule has 0 aliphatic carbocycles. The first-order valence-electron chi connectivity index (χ1n) is 7.50. The Labute approximate surface area is 151 Å². The summed E-state index contributed by atoms with van der Waals surface area (Å²) in [6.45, 7) is 1.86. The standard InChI is InChI=1S/C18H18Cl2N2O2/c1-13(23)22(17-4-2-3-16(20)11-17)12-18(24)21-10-9-14-5-7-15(19)8-6-14/h2-8,11H,9-10,12H2,1H3,(H,21,24). The van der Waals surface area contributed by atoms with E-state index in [9.17, 15) is 9.59 Å². The summed E-state index contributed by atoms with van der Waals surface area (Å²) in [6, 6.07) is 14.3. The third-order valence-electron chi connectivity index (χ3n) is 3.45. The molecule has 126 valence electrons. The maximum absolute atomic E-state index is 12.1. The van der Waals surface area contributed by atoms with Crippen LogP contribution in [0, 0.1) is 0 Å². The van der Waals surface area contributed by atoms with Crippen molar-refractivity contribution < 1.29 is 9.59 Å². The third-order valence-corrected chi connectivity index (χ3v) is 3.94. The fourth-order valence-corrected chi connectivity index (χ4v) is 2.54. The highest BCUT2D eigenvalue weighted by Crippen LogP contribution is 2.19. The highest BCUT2D eigenvalue weighted by Gasteiger charge is 2.15. The molecule has 2 amide bonds. The minimum atomic E-state index is -0.223. The Morgan fingerprint density at radius 1 is 1.04 bits per heavy atom. The van der Waals surface area contributed by atoms with Crippen LogP contribution in [-0.2, 0) is 16.0 Å². The summed E-state index contributed by atoms with van der Waals surface area (Å²) in [4.78, 5) is 25.3. The number of nitrogens with one attached hydrogen (secondary N) is 1. The Kier molecular flexibility index (Phi) is 6.64. The molecular formula is C18H18Cl2N2O2. The summed E-state index contributed by atoms with van der Waals surface area (Å²) in [5.74, 6) is -0.441. The fourth-order valence-electron chi connectivity index (χ4n) is 2.23. The Balaban J connectivity index is 1.89. The van der Waals surface area contributed by atoms with Gasteiger partial charge in [-0.05, 0) is 42.3 Å². The zero-order valence-electron chi connectivity index (χ0n) is 13.3. The van der Waals surface area contributed by atoms with E-state index in [0.717, 1.165) is 5.56 Å². The monoisotopic (exact) mass is 364 g/mol. The number of halogens is 2. The average molecular weight is 365 g/mol. The number of benzene rings is 2. The van der Waals surface area contributed by atoms with Crippen molar-refractivity contribution in [1.29, 1.82) is 0 Å². The first kappa shape index (κ1) is 18.3. The molecule has 2 aromatic carbocycles. The van der Waals surface area contributed by atoms with Crippen molar-refractivity contribution in [1.82, 2.24) is 5.32 Å². The summed E-state index contributed by atoms with van der Waals surface area (Å²) in [6.07, 6.45) is 0.695. The van der Waals surface area contributed by atoms with Crippen LogP contribution in [0.25, 0.3) is 0 Å². The van der Waals surface area contributed by atoms with E-state index in [1.807, 2.05) is 24.3 Å². The smallest absolute Gasteiger partial charge is 0.240 e. The quantitative estimate of drug-likeness (QED) is 0.849. The molecular weight excluding hydrogens is 347 g/mol. The Hall–Kier alpha value is -2.04. The van der Waals surface area contributed by atoms with E-state index < -0.39 is 0 Å². The van der Waals surface area contributed by atoms with Crippen LogP contribution < -0.4 is 10.2 Å². The number of anilines is 1. The zero-order chi connectivity index (χ0) is 17.5. The largest absolute Gasteiger partial charge is 0.354 e. The van der Waals surface area contributed by atoms with E-state index >= 15 is 0 Å². The summed E-state index contributed by atoms with van der Waals surface area (Å²) >= 11 is 11.8. The normalized spacial score (nSPS) is 10.3. The number of hydrogen-bond acceptors (Lipinski definition) is 2. The molecule has 0 bridgehead atoms. The second kappa shape index (κ2) is 8.71. The topological polar surface area (TPSA) is 49.4 Å². The Morgan fingerprint density at radius 3 is 2.38 bits per heavy atom. The molecule has 24 heavy (non-hydrogen) atoms. The van der Waals surface area contributed by atoms with Crippen molar-refractivity contribution in [3.63, 3.8) is 0 Å². The number of carbonyl (C=O) groups excluding carboxylic acids is 2. The van der Waals surface area contributed by atoms with E-state index in [2.05, 4.69) is 5.32 Å². The molecule has 0 atom stereocenters. The minimum Gasteiger partial charge on any atom is -0.354 e. The van der Waals surface area contributed by atoms with E-state index in [1.165, 1.54) is 11.8 Å². The maximum atomic E-state index is 12.1. The molecule has 2 aromatic rings. The first-order valence-corrected chi connectivity index (χ1v) is 8.26. The zero-order valence-corrected chi connectivity index (χ0v) is 14.8. The summed E-state index contributed by atoms with van der Waals surface area (Å²) in [7, 11) is 0. The number of amides is 2. The van der Waals surface area contributed by atoms with Gasteiger partial charge in [-0.1, -0.05) is 41.4 Å². The molecule has 1 N–H and O–H groups in total. The van der Waals surface area contributed by atoms with Crippen molar-refractivity contribution in [2.75, 3.05) is 18.0 Å². The molecule has 6 heteroatoms. The van der Waals surface area contributed by atoms with E-state index in [-0.39, 0.29) is 18.4 Å².